The van der Waals surface area contributed by atoms with Crippen molar-refractivity contribution in [3.8, 4) is 0 Å². The fourth-order valence-electron chi connectivity index (χ4n) is 2.61. The van der Waals surface area contributed by atoms with Gasteiger partial charge >= 0.3 is 0 Å². The van der Waals surface area contributed by atoms with E-state index in [1.165, 1.54) is 6.20 Å². The molecule has 0 radical (unpaired) electrons. The van der Waals surface area contributed by atoms with E-state index in [4.69, 9.17) is 5.73 Å². The molecule has 0 aliphatic heterocycles. The third kappa shape index (κ3) is 3.87. The number of aromatic amines is 1. The Bertz CT molecular complexity index is 1090. The van der Waals surface area contributed by atoms with Crippen molar-refractivity contribution in [2.45, 2.75) is 0 Å². The van der Waals surface area contributed by atoms with E-state index in [1.54, 1.807) is 31.6 Å². The zero-order chi connectivity index (χ0) is 19.2. The molecule has 2 aromatic heterocycles. The largest absolute Gasteiger partial charge is 0.402 e. The van der Waals surface area contributed by atoms with Gasteiger partial charge in [0.1, 0.15) is 17.3 Å². The number of nitrogens with zero attached hydrogens (tertiary/aromatic N) is 2. The molecule has 0 aliphatic carbocycles. The van der Waals surface area contributed by atoms with E-state index < -0.39 is 0 Å². The number of nitrogens with two attached hydrogens (primary N) is 1. The fraction of sp³-hybridized carbons (Fsp3) is 0.0500. The van der Waals surface area contributed by atoms with Crippen LogP contribution >= 0.6 is 0 Å². The minimum absolute atomic E-state index is 0.264. The second-order valence-corrected chi connectivity index (χ2v) is 5.64. The minimum atomic E-state index is -0.264. The van der Waals surface area contributed by atoms with Gasteiger partial charge in [-0.2, -0.15) is 0 Å². The maximum Gasteiger partial charge on any atom is 0.271 e. The molecule has 0 amide bonds. The number of nitrogens with one attached hydrogen (secondary N) is 3. The molecule has 5 N–H and O–H groups in total. The first-order chi connectivity index (χ1) is 13.2. The van der Waals surface area contributed by atoms with Crippen molar-refractivity contribution in [2.75, 3.05) is 12.4 Å². The molecule has 0 unspecified atom stereocenters. The van der Waals surface area contributed by atoms with Crippen LogP contribution in [0.15, 0.2) is 83.3 Å². The molecule has 3 aromatic rings. The van der Waals surface area contributed by atoms with Gasteiger partial charge in [-0.25, -0.2) is 9.98 Å². The number of allylic oxidation sites excluding steroid dienone is 1. The summed E-state index contributed by atoms with van der Waals surface area (Å²) >= 11 is 0. The summed E-state index contributed by atoms with van der Waals surface area (Å²) in [5.41, 5.74) is 6.86. The first-order valence-corrected chi connectivity index (χ1v) is 8.31. The van der Waals surface area contributed by atoms with Crippen LogP contribution in [0.4, 0.5) is 11.5 Å². The van der Waals surface area contributed by atoms with Crippen LogP contribution in [0, 0.1) is 0 Å². The van der Waals surface area contributed by atoms with E-state index in [0.29, 0.717) is 28.6 Å². The second kappa shape index (κ2) is 8.01. The van der Waals surface area contributed by atoms with Crippen molar-refractivity contribution in [1.29, 1.82) is 0 Å². The Labute approximate surface area is 156 Å². The molecule has 0 atom stereocenters. The normalized spacial score (nSPS) is 12.0. The van der Waals surface area contributed by atoms with Gasteiger partial charge in [-0.15, -0.1) is 0 Å². The molecule has 0 bridgehead atoms. The van der Waals surface area contributed by atoms with E-state index in [9.17, 15) is 4.79 Å². The van der Waals surface area contributed by atoms with Gasteiger partial charge in [-0.05, 0) is 23.6 Å². The van der Waals surface area contributed by atoms with Gasteiger partial charge in [0.05, 0.1) is 5.71 Å². The summed E-state index contributed by atoms with van der Waals surface area (Å²) in [5.74, 6) is 1.09. The topological polar surface area (TPSA) is 108 Å². The highest BCUT2D eigenvalue weighted by molar-refractivity contribution is 6.09. The number of rotatable bonds is 6. The van der Waals surface area contributed by atoms with Crippen LogP contribution in [0.25, 0.3) is 10.8 Å². The van der Waals surface area contributed by atoms with Crippen LogP contribution in [-0.2, 0) is 0 Å². The minimum Gasteiger partial charge on any atom is -0.402 e. The number of hydrogen-bond acceptors (Lipinski definition) is 6. The Morgan fingerprint density at radius 3 is 2.89 bits per heavy atom. The summed E-state index contributed by atoms with van der Waals surface area (Å²) < 4.78 is 0. The van der Waals surface area contributed by atoms with Crippen LogP contribution < -0.4 is 21.9 Å². The van der Waals surface area contributed by atoms with Crippen molar-refractivity contribution in [3.05, 3.63) is 89.4 Å². The van der Waals surface area contributed by atoms with Gasteiger partial charge in [-0.1, -0.05) is 30.8 Å². The van der Waals surface area contributed by atoms with Crippen molar-refractivity contribution in [3.63, 3.8) is 0 Å². The third-order valence-corrected chi connectivity index (χ3v) is 3.97. The van der Waals surface area contributed by atoms with Crippen molar-refractivity contribution in [1.82, 2.24) is 15.3 Å². The molecule has 2 heterocycles. The van der Waals surface area contributed by atoms with Crippen molar-refractivity contribution >= 4 is 28.0 Å². The Hall–Kier alpha value is -3.87. The second-order valence-electron chi connectivity index (χ2n) is 5.64. The smallest absolute Gasteiger partial charge is 0.271 e. The first kappa shape index (κ1) is 17.9. The van der Waals surface area contributed by atoms with E-state index in [1.807, 2.05) is 30.3 Å². The Morgan fingerprint density at radius 1 is 1.33 bits per heavy atom. The zero-order valence-corrected chi connectivity index (χ0v) is 14.9. The molecule has 0 saturated carbocycles. The number of aromatic nitrogens is 2. The zero-order valence-electron chi connectivity index (χ0n) is 14.9. The highest BCUT2D eigenvalue weighted by atomic mass is 16.1. The van der Waals surface area contributed by atoms with Gasteiger partial charge in [0, 0.05) is 36.6 Å². The van der Waals surface area contributed by atoms with Gasteiger partial charge in [0.25, 0.3) is 5.56 Å². The summed E-state index contributed by atoms with van der Waals surface area (Å²) in [6.45, 7) is 3.78. The molecule has 7 nitrogen and oxygen atoms in total. The summed E-state index contributed by atoms with van der Waals surface area (Å²) in [6.07, 6.45) is 6.22. The number of H-pyrrole nitrogens is 1. The Kier molecular flexibility index (Phi) is 5.32. The summed E-state index contributed by atoms with van der Waals surface area (Å²) in [6, 6.07) is 11.4. The van der Waals surface area contributed by atoms with Crippen LogP contribution in [0.2, 0.25) is 0 Å². The van der Waals surface area contributed by atoms with Crippen molar-refractivity contribution < 1.29 is 0 Å². The van der Waals surface area contributed by atoms with Gasteiger partial charge in [0.15, 0.2) is 0 Å². The Balaban J connectivity index is 2.03. The van der Waals surface area contributed by atoms with Gasteiger partial charge in [-0.3, -0.25) is 4.79 Å². The molecule has 0 spiro atoms. The average Bonchev–Trinajstić information content (AvgIpc) is 2.71. The molecule has 0 saturated heterocycles. The Morgan fingerprint density at radius 2 is 2.15 bits per heavy atom. The molecular formula is C20H20N6O. The molecule has 7 heteroatoms. The van der Waals surface area contributed by atoms with Crippen LogP contribution in [0.1, 0.15) is 5.56 Å². The maximum absolute atomic E-state index is 12.3. The summed E-state index contributed by atoms with van der Waals surface area (Å²) in [4.78, 5) is 23.8. The molecular weight excluding hydrogens is 340 g/mol. The molecule has 0 fully saturated rings. The lowest BCUT2D eigenvalue weighted by molar-refractivity contribution is 0.957. The van der Waals surface area contributed by atoms with Gasteiger partial charge in [0.2, 0.25) is 0 Å². The highest BCUT2D eigenvalue weighted by Crippen LogP contribution is 2.23. The van der Waals surface area contributed by atoms with E-state index in [2.05, 4.69) is 32.2 Å². The predicted molar refractivity (Wildman–Crippen MR) is 110 cm³/mol. The molecule has 3 rings (SSSR count). The van der Waals surface area contributed by atoms with Crippen LogP contribution in [0.3, 0.4) is 0 Å². The number of anilines is 2. The standard InChI is InChI=1S/C20H20N6O/c1-3-16(25-18(11-21)22-2)14-10-17(20(27)24-12-14)26-19-15-7-5-4-6-13(15)8-9-23-19/h3-12,22H,1,21H2,2H3,(H,23,26)(H,24,27)/b18-11-,25-16+. The number of pyridine rings is 2. The lowest BCUT2D eigenvalue weighted by atomic mass is 10.1. The van der Waals surface area contributed by atoms with E-state index in [-0.39, 0.29) is 5.56 Å². The summed E-state index contributed by atoms with van der Waals surface area (Å²) in [7, 11) is 1.72. The highest BCUT2D eigenvalue weighted by Gasteiger charge is 2.09. The average molecular weight is 360 g/mol. The molecule has 27 heavy (non-hydrogen) atoms. The summed E-state index contributed by atoms with van der Waals surface area (Å²) in [5, 5.41) is 7.94. The van der Waals surface area contributed by atoms with E-state index in [0.717, 1.165) is 10.8 Å². The lowest BCUT2D eigenvalue weighted by Crippen LogP contribution is -2.15. The number of fused-ring (bicyclic) bond motifs is 1. The van der Waals surface area contributed by atoms with Crippen LogP contribution in [0.5, 0.6) is 0 Å². The van der Waals surface area contributed by atoms with Gasteiger partial charge < -0.3 is 21.4 Å². The number of aliphatic imine (C=N–C) groups is 1. The third-order valence-electron chi connectivity index (χ3n) is 3.97. The number of hydrogen-bond donors (Lipinski definition) is 4. The fourth-order valence-corrected chi connectivity index (χ4v) is 2.61. The monoisotopic (exact) mass is 360 g/mol. The molecule has 0 aliphatic rings. The quantitative estimate of drug-likeness (QED) is 0.505. The number of benzene rings is 1. The SMILES string of the molecule is C=C/C(=N\C(=C/N)NC)c1c[nH]c(=O)c(Nc2nccc3ccccc23)c1. The molecule has 1 aromatic carbocycles. The predicted octanol–water partition coefficient (Wildman–Crippen LogP) is 2.62. The maximum atomic E-state index is 12.3. The first-order valence-electron chi connectivity index (χ1n) is 8.31. The molecule has 136 valence electrons. The van der Waals surface area contributed by atoms with E-state index >= 15 is 0 Å². The van der Waals surface area contributed by atoms with Crippen molar-refractivity contribution in [2.24, 2.45) is 10.7 Å². The van der Waals surface area contributed by atoms with Crippen LogP contribution in [-0.4, -0.2) is 22.7 Å². The lowest BCUT2D eigenvalue weighted by Gasteiger charge is -2.10.